The Kier molecular flexibility index (Phi) is 11.2. The predicted molar refractivity (Wildman–Crippen MR) is 110 cm³/mol. The van der Waals surface area contributed by atoms with Gasteiger partial charge >= 0.3 is 0 Å². The number of benzene rings is 1. The molecule has 0 heterocycles. The Bertz CT molecular complexity index is 639. The number of sulfone groups is 1. The van der Waals surface area contributed by atoms with E-state index in [9.17, 15) is 17.9 Å². The summed E-state index contributed by atoms with van der Waals surface area (Å²) < 4.78 is 35.3. The van der Waals surface area contributed by atoms with Crippen LogP contribution in [0.1, 0.15) is 31.9 Å². The van der Waals surface area contributed by atoms with Gasteiger partial charge in [-0.3, -0.25) is 4.99 Å². The van der Waals surface area contributed by atoms with Crippen molar-refractivity contribution in [3.63, 3.8) is 0 Å². The SMILES string of the molecule is CCNC(=NCC(O)c1ccc(F)cc1)NC(C)CCS(C)(=O)=O.I. The van der Waals surface area contributed by atoms with Crippen LogP contribution in [0.2, 0.25) is 0 Å². The molecule has 0 bridgehead atoms. The molecule has 2 unspecified atom stereocenters. The molecule has 0 aliphatic rings. The van der Waals surface area contributed by atoms with E-state index < -0.39 is 15.9 Å². The van der Waals surface area contributed by atoms with Gasteiger partial charge in [0.1, 0.15) is 15.7 Å². The topological polar surface area (TPSA) is 90.8 Å². The van der Waals surface area contributed by atoms with Crippen LogP contribution in [0.5, 0.6) is 0 Å². The normalized spacial score (nSPS) is 14.4. The Labute approximate surface area is 166 Å². The molecule has 1 rings (SSSR count). The lowest BCUT2D eigenvalue weighted by atomic mass is 10.1. The quantitative estimate of drug-likeness (QED) is 0.296. The Hall–Kier alpha value is -0.940. The number of hydrogen-bond acceptors (Lipinski definition) is 4. The van der Waals surface area contributed by atoms with Gasteiger partial charge in [-0.2, -0.15) is 0 Å². The van der Waals surface area contributed by atoms with E-state index in [4.69, 9.17) is 0 Å². The molecule has 0 aliphatic heterocycles. The summed E-state index contributed by atoms with van der Waals surface area (Å²) in [4.78, 5) is 4.30. The zero-order valence-electron chi connectivity index (χ0n) is 14.7. The summed E-state index contributed by atoms with van der Waals surface area (Å²) in [5, 5.41) is 16.3. The van der Waals surface area contributed by atoms with Crippen LogP contribution in [0.25, 0.3) is 0 Å². The van der Waals surface area contributed by atoms with Gasteiger partial charge in [-0.15, -0.1) is 24.0 Å². The maximum Gasteiger partial charge on any atom is 0.191 e. The standard InChI is InChI=1S/C16H26FN3O3S.HI/c1-4-18-16(20-12(2)9-10-24(3,22)23)19-11-15(21)13-5-7-14(17)8-6-13;/h5-8,12,15,21H,4,9-11H2,1-3H3,(H2,18,19,20);1H. The predicted octanol–water partition coefficient (Wildman–Crippen LogP) is 1.86. The molecule has 144 valence electrons. The average Bonchev–Trinajstić information content (AvgIpc) is 2.50. The molecule has 1 aromatic rings. The molecule has 0 aromatic heterocycles. The van der Waals surface area contributed by atoms with Gasteiger partial charge in [-0.25, -0.2) is 12.8 Å². The molecule has 0 fully saturated rings. The second-order valence-electron chi connectivity index (χ2n) is 5.75. The highest BCUT2D eigenvalue weighted by molar-refractivity contribution is 14.0. The summed E-state index contributed by atoms with van der Waals surface area (Å²) in [6.07, 6.45) is 0.828. The van der Waals surface area contributed by atoms with Gasteiger partial charge in [-0.05, 0) is 38.0 Å². The zero-order valence-corrected chi connectivity index (χ0v) is 17.8. The number of aliphatic hydroxyl groups is 1. The molecule has 6 nitrogen and oxygen atoms in total. The van der Waals surface area contributed by atoms with Crippen molar-refractivity contribution >= 4 is 39.8 Å². The number of nitrogens with zero attached hydrogens (tertiary/aromatic N) is 1. The Morgan fingerprint density at radius 3 is 2.44 bits per heavy atom. The zero-order chi connectivity index (χ0) is 18.2. The first kappa shape index (κ1) is 24.1. The smallest absolute Gasteiger partial charge is 0.191 e. The number of nitrogens with one attached hydrogen (secondary N) is 2. The average molecular weight is 487 g/mol. The molecule has 0 aliphatic carbocycles. The van der Waals surface area contributed by atoms with Crippen LogP contribution in [0.3, 0.4) is 0 Å². The summed E-state index contributed by atoms with van der Waals surface area (Å²) in [5.74, 6) is 0.238. The molecule has 25 heavy (non-hydrogen) atoms. The first-order chi connectivity index (χ1) is 11.2. The molecule has 2 atom stereocenters. The highest BCUT2D eigenvalue weighted by Gasteiger charge is 2.11. The molecule has 1 aromatic carbocycles. The fourth-order valence-electron chi connectivity index (χ4n) is 1.98. The highest BCUT2D eigenvalue weighted by atomic mass is 127. The first-order valence-corrected chi connectivity index (χ1v) is 9.93. The van der Waals surface area contributed by atoms with Gasteiger partial charge in [0.25, 0.3) is 0 Å². The van der Waals surface area contributed by atoms with E-state index >= 15 is 0 Å². The fraction of sp³-hybridized carbons (Fsp3) is 0.562. The number of guanidine groups is 1. The minimum atomic E-state index is -3.00. The summed E-state index contributed by atoms with van der Waals surface area (Å²) in [6, 6.07) is 5.54. The first-order valence-electron chi connectivity index (χ1n) is 7.87. The van der Waals surface area contributed by atoms with E-state index in [0.29, 0.717) is 24.5 Å². The van der Waals surface area contributed by atoms with Gasteiger partial charge < -0.3 is 15.7 Å². The van der Waals surface area contributed by atoms with Crippen molar-refractivity contribution in [2.45, 2.75) is 32.4 Å². The van der Waals surface area contributed by atoms with Gasteiger partial charge in [-0.1, -0.05) is 12.1 Å². The molecule has 0 saturated carbocycles. The van der Waals surface area contributed by atoms with E-state index in [2.05, 4.69) is 15.6 Å². The fourth-order valence-corrected chi connectivity index (χ4v) is 2.77. The van der Waals surface area contributed by atoms with Gasteiger partial charge in [0.05, 0.1) is 18.4 Å². The van der Waals surface area contributed by atoms with Crippen LogP contribution in [-0.4, -0.2) is 50.6 Å². The molecular formula is C16H27FIN3O3S. The van der Waals surface area contributed by atoms with Crippen molar-refractivity contribution < 1.29 is 17.9 Å². The minimum absolute atomic E-state index is 0. The van der Waals surface area contributed by atoms with Crippen molar-refractivity contribution in [3.05, 3.63) is 35.6 Å². The summed E-state index contributed by atoms with van der Waals surface area (Å²) in [5.41, 5.74) is 0.584. The van der Waals surface area contributed by atoms with Crippen LogP contribution in [0.15, 0.2) is 29.3 Å². The van der Waals surface area contributed by atoms with Crippen molar-refractivity contribution in [2.75, 3.05) is 25.1 Å². The number of hydrogen-bond donors (Lipinski definition) is 3. The van der Waals surface area contributed by atoms with Gasteiger partial charge in [0.2, 0.25) is 0 Å². The molecule has 0 amide bonds. The summed E-state index contributed by atoms with van der Waals surface area (Å²) in [7, 11) is -3.00. The van der Waals surface area contributed by atoms with E-state index in [0.717, 1.165) is 0 Å². The number of halogens is 2. The summed E-state index contributed by atoms with van der Waals surface area (Å²) >= 11 is 0. The lowest BCUT2D eigenvalue weighted by Crippen LogP contribution is -2.43. The Morgan fingerprint density at radius 2 is 1.92 bits per heavy atom. The van der Waals surface area contributed by atoms with Crippen LogP contribution in [0.4, 0.5) is 4.39 Å². The lowest BCUT2D eigenvalue weighted by molar-refractivity contribution is 0.187. The van der Waals surface area contributed by atoms with Crippen LogP contribution >= 0.6 is 24.0 Å². The molecule has 0 saturated heterocycles. The van der Waals surface area contributed by atoms with Crippen molar-refractivity contribution in [1.29, 1.82) is 0 Å². The van der Waals surface area contributed by atoms with Gasteiger partial charge in [0, 0.05) is 18.8 Å². The molecule has 0 spiro atoms. The Morgan fingerprint density at radius 1 is 1.32 bits per heavy atom. The Balaban J connectivity index is 0.00000576. The third-order valence-corrected chi connectivity index (χ3v) is 4.30. The number of aliphatic hydroxyl groups excluding tert-OH is 1. The number of rotatable bonds is 8. The third kappa shape index (κ3) is 10.6. The largest absolute Gasteiger partial charge is 0.386 e. The lowest BCUT2D eigenvalue weighted by Gasteiger charge is -2.18. The second kappa shape index (κ2) is 11.6. The minimum Gasteiger partial charge on any atom is -0.386 e. The van der Waals surface area contributed by atoms with Crippen molar-refractivity contribution in [3.8, 4) is 0 Å². The van der Waals surface area contributed by atoms with Crippen LogP contribution in [-0.2, 0) is 9.84 Å². The maximum absolute atomic E-state index is 12.9. The maximum atomic E-state index is 12.9. The second-order valence-corrected chi connectivity index (χ2v) is 8.01. The van der Waals surface area contributed by atoms with E-state index in [-0.39, 0.29) is 48.1 Å². The van der Waals surface area contributed by atoms with E-state index in [1.54, 1.807) is 0 Å². The van der Waals surface area contributed by atoms with Crippen molar-refractivity contribution in [1.82, 2.24) is 10.6 Å². The molecule has 0 radical (unpaired) electrons. The van der Waals surface area contributed by atoms with Crippen LogP contribution in [0, 0.1) is 5.82 Å². The van der Waals surface area contributed by atoms with E-state index in [1.807, 2.05) is 13.8 Å². The molecule has 9 heteroatoms. The monoisotopic (exact) mass is 487 g/mol. The molecular weight excluding hydrogens is 460 g/mol. The van der Waals surface area contributed by atoms with Gasteiger partial charge in [0.15, 0.2) is 5.96 Å². The molecule has 3 N–H and O–H groups in total. The summed E-state index contributed by atoms with van der Waals surface area (Å²) in [6.45, 7) is 4.53. The highest BCUT2D eigenvalue weighted by Crippen LogP contribution is 2.13. The van der Waals surface area contributed by atoms with Crippen molar-refractivity contribution in [2.24, 2.45) is 4.99 Å². The number of aliphatic imine (C=N–C) groups is 1. The van der Waals surface area contributed by atoms with Crippen LogP contribution < -0.4 is 10.6 Å². The third-order valence-electron chi connectivity index (χ3n) is 3.33. The van der Waals surface area contributed by atoms with E-state index in [1.165, 1.54) is 30.5 Å².